The fourth-order valence-electron chi connectivity index (χ4n) is 2.69. The van der Waals surface area contributed by atoms with Gasteiger partial charge in [0.1, 0.15) is 11.2 Å². The van der Waals surface area contributed by atoms with Crippen LogP contribution >= 0.6 is 0 Å². The summed E-state index contributed by atoms with van der Waals surface area (Å²) in [7, 11) is 0. The summed E-state index contributed by atoms with van der Waals surface area (Å²) in [5.74, 6) is 0. The van der Waals surface area contributed by atoms with Gasteiger partial charge in [-0.25, -0.2) is 4.79 Å². The second-order valence-corrected chi connectivity index (χ2v) is 6.75. The van der Waals surface area contributed by atoms with Crippen molar-refractivity contribution in [2.45, 2.75) is 20.3 Å². The van der Waals surface area contributed by atoms with Gasteiger partial charge in [-0.3, -0.25) is 0 Å². The first-order valence-electron chi connectivity index (χ1n) is 8.05. The Morgan fingerprint density at radius 2 is 1.88 bits per heavy atom. The summed E-state index contributed by atoms with van der Waals surface area (Å²) in [6.07, 6.45) is 0.637. The van der Waals surface area contributed by atoms with Crippen molar-refractivity contribution in [3.05, 3.63) is 42.5 Å². The maximum absolute atomic E-state index is 12.1. The fraction of sp³-hybridized carbons (Fsp3) is 0.316. The van der Waals surface area contributed by atoms with Gasteiger partial charge in [0.05, 0.1) is 0 Å². The predicted molar refractivity (Wildman–Crippen MR) is 96.2 cm³/mol. The van der Waals surface area contributed by atoms with Crippen LogP contribution in [0, 0.1) is 5.41 Å². The number of carbonyl (C=O) groups excluding carboxylic acids is 1. The molecule has 126 valence electrons. The van der Waals surface area contributed by atoms with Crippen molar-refractivity contribution in [1.29, 1.82) is 0 Å². The third kappa shape index (κ3) is 3.51. The van der Waals surface area contributed by atoms with E-state index in [0.29, 0.717) is 18.7 Å². The van der Waals surface area contributed by atoms with Crippen molar-refractivity contribution in [2.75, 3.05) is 18.5 Å². The van der Waals surface area contributed by atoms with E-state index in [1.165, 1.54) is 0 Å². The number of hydrogen-bond donors (Lipinski definition) is 3. The van der Waals surface area contributed by atoms with Crippen molar-refractivity contribution in [1.82, 2.24) is 5.32 Å². The Hall–Kier alpha value is -2.53. The maximum atomic E-state index is 12.1. The van der Waals surface area contributed by atoms with Gasteiger partial charge in [0.25, 0.3) is 0 Å². The van der Waals surface area contributed by atoms with Gasteiger partial charge >= 0.3 is 6.03 Å². The summed E-state index contributed by atoms with van der Waals surface area (Å²) in [6.45, 7) is 4.61. The normalized spacial score (nSPS) is 11.8. The third-order valence-corrected chi connectivity index (χ3v) is 4.15. The second kappa shape index (κ2) is 6.53. The zero-order valence-corrected chi connectivity index (χ0v) is 13.9. The molecule has 1 aromatic heterocycles. The zero-order chi connectivity index (χ0) is 17.2. The van der Waals surface area contributed by atoms with Crippen molar-refractivity contribution in [3.8, 4) is 0 Å². The van der Waals surface area contributed by atoms with E-state index in [-0.39, 0.29) is 18.1 Å². The van der Waals surface area contributed by atoms with Gasteiger partial charge in [-0.15, -0.1) is 0 Å². The van der Waals surface area contributed by atoms with Gasteiger partial charge in [-0.1, -0.05) is 32.0 Å². The van der Waals surface area contributed by atoms with E-state index in [9.17, 15) is 4.79 Å². The molecule has 5 heteroatoms. The van der Waals surface area contributed by atoms with E-state index in [2.05, 4.69) is 10.6 Å². The lowest BCUT2D eigenvalue weighted by molar-refractivity contribution is 0.204. The molecule has 0 atom stereocenters. The smallest absolute Gasteiger partial charge is 0.319 e. The van der Waals surface area contributed by atoms with Crippen LogP contribution in [0.4, 0.5) is 10.5 Å². The summed E-state index contributed by atoms with van der Waals surface area (Å²) in [5.41, 5.74) is 2.11. The maximum Gasteiger partial charge on any atom is 0.319 e. The lowest BCUT2D eigenvalue weighted by atomic mass is 9.90. The fourth-order valence-corrected chi connectivity index (χ4v) is 2.69. The van der Waals surface area contributed by atoms with Crippen molar-refractivity contribution in [2.24, 2.45) is 5.41 Å². The Morgan fingerprint density at radius 3 is 2.67 bits per heavy atom. The number of para-hydroxylation sites is 1. The molecule has 2 aromatic carbocycles. The molecule has 0 saturated carbocycles. The molecular weight excluding hydrogens is 304 g/mol. The summed E-state index contributed by atoms with van der Waals surface area (Å²) < 4.78 is 5.82. The molecule has 0 bridgehead atoms. The SMILES string of the molecule is CC(C)(CCO)CNC(=O)Nc1ccc2c(c1)oc1ccccc12. The van der Waals surface area contributed by atoms with Crippen LogP contribution in [-0.4, -0.2) is 24.3 Å². The molecule has 5 nitrogen and oxygen atoms in total. The van der Waals surface area contributed by atoms with Crippen LogP contribution in [0.2, 0.25) is 0 Å². The van der Waals surface area contributed by atoms with Crippen LogP contribution in [0.1, 0.15) is 20.3 Å². The number of fused-ring (bicyclic) bond motifs is 3. The topological polar surface area (TPSA) is 74.5 Å². The first kappa shape index (κ1) is 16.3. The highest BCUT2D eigenvalue weighted by molar-refractivity contribution is 6.06. The Morgan fingerprint density at radius 1 is 1.12 bits per heavy atom. The van der Waals surface area contributed by atoms with E-state index >= 15 is 0 Å². The van der Waals surface area contributed by atoms with Crippen LogP contribution in [-0.2, 0) is 0 Å². The van der Waals surface area contributed by atoms with Gasteiger partial charge in [0, 0.05) is 35.7 Å². The van der Waals surface area contributed by atoms with E-state index in [1.54, 1.807) is 0 Å². The zero-order valence-electron chi connectivity index (χ0n) is 13.9. The molecule has 0 aliphatic rings. The highest BCUT2D eigenvalue weighted by atomic mass is 16.3. The van der Waals surface area contributed by atoms with E-state index in [1.807, 2.05) is 56.3 Å². The number of anilines is 1. The van der Waals surface area contributed by atoms with Gasteiger partial charge < -0.3 is 20.2 Å². The van der Waals surface area contributed by atoms with Gasteiger partial charge in [0.15, 0.2) is 0 Å². The number of amides is 2. The standard InChI is InChI=1S/C19H22N2O3/c1-19(2,9-10-22)12-20-18(23)21-13-7-8-15-14-5-3-4-6-16(14)24-17(15)11-13/h3-8,11,22H,9-10,12H2,1-2H3,(H2,20,21,23). The molecule has 3 N–H and O–H groups in total. The molecule has 3 rings (SSSR count). The third-order valence-electron chi connectivity index (χ3n) is 4.15. The first-order valence-corrected chi connectivity index (χ1v) is 8.05. The molecular formula is C19H22N2O3. The number of urea groups is 1. The van der Waals surface area contributed by atoms with Crippen LogP contribution in [0.3, 0.4) is 0 Å². The molecule has 24 heavy (non-hydrogen) atoms. The minimum atomic E-state index is -0.267. The summed E-state index contributed by atoms with van der Waals surface area (Å²) >= 11 is 0. The number of nitrogens with one attached hydrogen (secondary N) is 2. The number of rotatable bonds is 5. The first-order chi connectivity index (χ1) is 11.5. The molecule has 2 amide bonds. The van der Waals surface area contributed by atoms with E-state index < -0.39 is 0 Å². The highest BCUT2D eigenvalue weighted by Crippen LogP contribution is 2.30. The predicted octanol–water partition coefficient (Wildman–Crippen LogP) is 4.12. The van der Waals surface area contributed by atoms with Crippen LogP contribution in [0.5, 0.6) is 0 Å². The molecule has 0 fully saturated rings. The van der Waals surface area contributed by atoms with Crippen molar-refractivity contribution < 1.29 is 14.3 Å². The van der Waals surface area contributed by atoms with Crippen LogP contribution in [0.15, 0.2) is 46.9 Å². The van der Waals surface area contributed by atoms with Crippen LogP contribution < -0.4 is 10.6 Å². The number of carbonyl (C=O) groups is 1. The van der Waals surface area contributed by atoms with Gasteiger partial charge in [-0.05, 0) is 30.0 Å². The molecule has 3 aromatic rings. The van der Waals surface area contributed by atoms with E-state index in [0.717, 1.165) is 21.9 Å². The number of benzene rings is 2. The van der Waals surface area contributed by atoms with E-state index in [4.69, 9.17) is 9.52 Å². The number of hydrogen-bond acceptors (Lipinski definition) is 3. The highest BCUT2D eigenvalue weighted by Gasteiger charge is 2.18. The molecule has 0 aliphatic heterocycles. The number of aliphatic hydroxyl groups is 1. The molecule has 0 unspecified atom stereocenters. The van der Waals surface area contributed by atoms with Crippen LogP contribution in [0.25, 0.3) is 21.9 Å². The summed E-state index contributed by atoms with van der Waals surface area (Å²) in [4.78, 5) is 12.1. The lowest BCUT2D eigenvalue weighted by Crippen LogP contribution is -2.37. The van der Waals surface area contributed by atoms with Crippen molar-refractivity contribution >= 4 is 33.7 Å². The Labute approximate surface area is 140 Å². The molecule has 0 radical (unpaired) electrons. The lowest BCUT2D eigenvalue weighted by Gasteiger charge is -2.23. The molecule has 0 spiro atoms. The van der Waals surface area contributed by atoms with Crippen molar-refractivity contribution in [3.63, 3.8) is 0 Å². The molecule has 0 aliphatic carbocycles. The molecule has 1 heterocycles. The quantitative estimate of drug-likeness (QED) is 0.660. The minimum absolute atomic E-state index is 0.110. The number of furan rings is 1. The van der Waals surface area contributed by atoms with Gasteiger partial charge in [0.2, 0.25) is 0 Å². The Bertz CT molecular complexity index is 867. The Balaban J connectivity index is 1.71. The average molecular weight is 326 g/mol. The molecule has 0 saturated heterocycles. The summed E-state index contributed by atoms with van der Waals surface area (Å²) in [6, 6.07) is 13.2. The minimum Gasteiger partial charge on any atom is -0.456 e. The summed E-state index contributed by atoms with van der Waals surface area (Å²) in [5, 5.41) is 16.8. The second-order valence-electron chi connectivity index (χ2n) is 6.75. The van der Waals surface area contributed by atoms with Gasteiger partial charge in [-0.2, -0.15) is 0 Å². The monoisotopic (exact) mass is 326 g/mol. The number of aliphatic hydroxyl groups excluding tert-OH is 1. The average Bonchev–Trinajstić information content (AvgIpc) is 2.91. The largest absolute Gasteiger partial charge is 0.456 e. The Kier molecular flexibility index (Phi) is 4.44.